The highest BCUT2D eigenvalue weighted by molar-refractivity contribution is 5.40. The van der Waals surface area contributed by atoms with E-state index in [1.165, 1.54) is 5.56 Å². The van der Waals surface area contributed by atoms with Gasteiger partial charge < -0.3 is 5.32 Å². The summed E-state index contributed by atoms with van der Waals surface area (Å²) in [6.45, 7) is 0. The predicted octanol–water partition coefficient (Wildman–Crippen LogP) is 1.50. The van der Waals surface area contributed by atoms with Gasteiger partial charge >= 0.3 is 0 Å². The molecule has 0 fully saturated rings. The highest BCUT2D eigenvalue weighted by Gasteiger charge is 2.03. The van der Waals surface area contributed by atoms with Gasteiger partial charge in [-0.3, -0.25) is 9.97 Å². The minimum atomic E-state index is 0.770. The summed E-state index contributed by atoms with van der Waals surface area (Å²) < 4.78 is 0. The molecule has 0 saturated heterocycles. The zero-order valence-electron chi connectivity index (χ0n) is 8.51. The first-order valence-electron chi connectivity index (χ1n) is 4.76. The smallest absolute Gasteiger partial charge is 0.147 e. The summed E-state index contributed by atoms with van der Waals surface area (Å²) in [6.07, 6.45) is 7.72. The minimum absolute atomic E-state index is 0.770. The fraction of sp³-hybridized carbons (Fsp3) is 0.182. The number of anilines is 1. The molecule has 2 aromatic rings. The van der Waals surface area contributed by atoms with Crippen molar-refractivity contribution in [2.75, 3.05) is 12.4 Å². The van der Waals surface area contributed by atoms with E-state index in [1.54, 1.807) is 24.8 Å². The number of nitrogens with zero attached hydrogens (tertiary/aromatic N) is 3. The van der Waals surface area contributed by atoms with Gasteiger partial charge in [0.2, 0.25) is 0 Å². The number of hydrogen-bond donors (Lipinski definition) is 1. The molecule has 0 bridgehead atoms. The monoisotopic (exact) mass is 200 g/mol. The third-order valence-electron chi connectivity index (χ3n) is 2.13. The Balaban J connectivity index is 2.24. The number of hydrogen-bond acceptors (Lipinski definition) is 4. The number of nitrogens with one attached hydrogen (secondary N) is 1. The summed E-state index contributed by atoms with van der Waals surface area (Å²) >= 11 is 0. The van der Waals surface area contributed by atoms with Crippen LogP contribution in [0.2, 0.25) is 0 Å². The van der Waals surface area contributed by atoms with Crippen molar-refractivity contribution in [2.45, 2.75) is 6.42 Å². The molecule has 2 rings (SSSR count). The van der Waals surface area contributed by atoms with E-state index in [-0.39, 0.29) is 0 Å². The average Bonchev–Trinajstić information content (AvgIpc) is 2.31. The SMILES string of the molecule is CNc1nccnc1Cc1ccncc1. The normalized spacial score (nSPS) is 9.93. The molecule has 0 aliphatic carbocycles. The Hall–Kier alpha value is -1.97. The highest BCUT2D eigenvalue weighted by Crippen LogP contribution is 2.12. The van der Waals surface area contributed by atoms with E-state index in [0.29, 0.717) is 0 Å². The zero-order chi connectivity index (χ0) is 10.5. The molecule has 4 heteroatoms. The Morgan fingerprint density at radius 1 is 1.07 bits per heavy atom. The molecule has 4 nitrogen and oxygen atoms in total. The van der Waals surface area contributed by atoms with Crippen LogP contribution in [-0.2, 0) is 6.42 Å². The Morgan fingerprint density at radius 3 is 2.53 bits per heavy atom. The van der Waals surface area contributed by atoms with Gasteiger partial charge in [-0.25, -0.2) is 4.98 Å². The summed E-state index contributed by atoms with van der Waals surface area (Å²) in [5, 5.41) is 3.03. The van der Waals surface area contributed by atoms with E-state index in [0.717, 1.165) is 17.9 Å². The second kappa shape index (κ2) is 4.50. The van der Waals surface area contributed by atoms with Crippen molar-refractivity contribution in [3.8, 4) is 0 Å². The van der Waals surface area contributed by atoms with Gasteiger partial charge in [0.25, 0.3) is 0 Å². The minimum Gasteiger partial charge on any atom is -0.372 e. The molecule has 0 aliphatic heterocycles. The van der Waals surface area contributed by atoms with Crippen LogP contribution in [0, 0.1) is 0 Å². The summed E-state index contributed by atoms with van der Waals surface area (Å²) in [4.78, 5) is 12.5. The lowest BCUT2D eigenvalue weighted by molar-refractivity contribution is 1.03. The average molecular weight is 200 g/mol. The molecule has 1 N–H and O–H groups in total. The first kappa shape index (κ1) is 9.58. The molecule has 0 radical (unpaired) electrons. The van der Waals surface area contributed by atoms with Crippen LogP contribution >= 0.6 is 0 Å². The van der Waals surface area contributed by atoms with Crippen molar-refractivity contribution >= 4 is 5.82 Å². The molecule has 0 spiro atoms. The number of aromatic nitrogens is 3. The van der Waals surface area contributed by atoms with Crippen LogP contribution in [0.3, 0.4) is 0 Å². The van der Waals surface area contributed by atoms with Gasteiger partial charge in [-0.1, -0.05) is 0 Å². The van der Waals surface area contributed by atoms with E-state index in [4.69, 9.17) is 0 Å². The van der Waals surface area contributed by atoms with Gasteiger partial charge in [0.05, 0.1) is 5.69 Å². The van der Waals surface area contributed by atoms with Crippen LogP contribution in [-0.4, -0.2) is 22.0 Å². The lowest BCUT2D eigenvalue weighted by Crippen LogP contribution is -2.01. The predicted molar refractivity (Wildman–Crippen MR) is 58.6 cm³/mol. The molecule has 0 amide bonds. The van der Waals surface area contributed by atoms with Crippen molar-refractivity contribution < 1.29 is 0 Å². The van der Waals surface area contributed by atoms with Gasteiger partial charge in [-0.15, -0.1) is 0 Å². The Labute approximate surface area is 88.4 Å². The second-order valence-corrected chi connectivity index (χ2v) is 3.13. The van der Waals surface area contributed by atoms with Crippen LogP contribution in [0.25, 0.3) is 0 Å². The highest BCUT2D eigenvalue weighted by atomic mass is 15.0. The van der Waals surface area contributed by atoms with Gasteiger partial charge in [-0.2, -0.15) is 0 Å². The van der Waals surface area contributed by atoms with Gasteiger partial charge in [0, 0.05) is 38.3 Å². The summed E-state index contributed by atoms with van der Waals surface area (Å²) in [6, 6.07) is 3.96. The van der Waals surface area contributed by atoms with Crippen molar-refractivity contribution in [3.05, 3.63) is 48.2 Å². The fourth-order valence-corrected chi connectivity index (χ4v) is 1.40. The third kappa shape index (κ3) is 2.28. The standard InChI is InChI=1S/C11H12N4/c1-12-11-10(14-6-7-15-11)8-9-2-4-13-5-3-9/h2-7H,8H2,1H3,(H,12,15). The van der Waals surface area contributed by atoms with Gasteiger partial charge in [0.15, 0.2) is 0 Å². The van der Waals surface area contributed by atoms with Crippen molar-refractivity contribution in [2.24, 2.45) is 0 Å². The molecular formula is C11H12N4. The van der Waals surface area contributed by atoms with E-state index < -0.39 is 0 Å². The largest absolute Gasteiger partial charge is 0.372 e. The summed E-state index contributed by atoms with van der Waals surface area (Å²) in [5.74, 6) is 0.828. The van der Waals surface area contributed by atoms with E-state index in [9.17, 15) is 0 Å². The van der Waals surface area contributed by atoms with Crippen molar-refractivity contribution in [1.29, 1.82) is 0 Å². The first-order valence-corrected chi connectivity index (χ1v) is 4.76. The van der Waals surface area contributed by atoms with E-state index >= 15 is 0 Å². The lowest BCUT2D eigenvalue weighted by atomic mass is 10.1. The molecule has 15 heavy (non-hydrogen) atoms. The zero-order valence-corrected chi connectivity index (χ0v) is 8.51. The summed E-state index contributed by atoms with van der Waals surface area (Å²) in [7, 11) is 1.85. The Morgan fingerprint density at radius 2 is 1.80 bits per heavy atom. The van der Waals surface area contributed by atoms with Gasteiger partial charge in [-0.05, 0) is 17.7 Å². The molecule has 0 aromatic carbocycles. The number of rotatable bonds is 3. The Kier molecular flexibility index (Phi) is 2.88. The van der Waals surface area contributed by atoms with Crippen molar-refractivity contribution in [1.82, 2.24) is 15.0 Å². The maximum Gasteiger partial charge on any atom is 0.147 e. The molecule has 2 aromatic heterocycles. The lowest BCUT2D eigenvalue weighted by Gasteiger charge is -2.05. The van der Waals surface area contributed by atoms with Gasteiger partial charge in [0.1, 0.15) is 5.82 Å². The topological polar surface area (TPSA) is 50.7 Å². The molecule has 76 valence electrons. The number of pyridine rings is 1. The second-order valence-electron chi connectivity index (χ2n) is 3.13. The van der Waals surface area contributed by atoms with Crippen LogP contribution in [0.5, 0.6) is 0 Å². The summed E-state index contributed by atoms with van der Waals surface area (Å²) in [5.41, 5.74) is 2.13. The molecule has 0 aliphatic rings. The quantitative estimate of drug-likeness (QED) is 0.815. The molecular weight excluding hydrogens is 188 g/mol. The molecule has 2 heterocycles. The van der Waals surface area contributed by atoms with Crippen LogP contribution in [0.1, 0.15) is 11.3 Å². The van der Waals surface area contributed by atoms with Crippen LogP contribution in [0.15, 0.2) is 36.9 Å². The molecule has 0 unspecified atom stereocenters. The maximum atomic E-state index is 4.30. The van der Waals surface area contributed by atoms with Crippen molar-refractivity contribution in [3.63, 3.8) is 0 Å². The third-order valence-corrected chi connectivity index (χ3v) is 2.13. The van der Waals surface area contributed by atoms with E-state index in [2.05, 4.69) is 20.3 Å². The first-order chi connectivity index (χ1) is 7.40. The van der Waals surface area contributed by atoms with E-state index in [1.807, 2.05) is 19.2 Å². The van der Waals surface area contributed by atoms with Crippen LogP contribution < -0.4 is 5.32 Å². The molecule has 0 saturated carbocycles. The maximum absolute atomic E-state index is 4.30. The fourth-order valence-electron chi connectivity index (χ4n) is 1.40. The molecule has 0 atom stereocenters. The van der Waals surface area contributed by atoms with Crippen LogP contribution in [0.4, 0.5) is 5.82 Å². The Bertz CT molecular complexity index is 428.